The zero-order chi connectivity index (χ0) is 11.9. The summed E-state index contributed by atoms with van der Waals surface area (Å²) < 4.78 is 2.86. The van der Waals surface area contributed by atoms with Gasteiger partial charge < -0.3 is 5.32 Å². The average molecular weight is 299 g/mol. The van der Waals surface area contributed by atoms with Crippen molar-refractivity contribution < 1.29 is 0 Å². The molecule has 2 heterocycles. The van der Waals surface area contributed by atoms with Crippen LogP contribution in [0.5, 0.6) is 0 Å². The predicted octanol–water partition coefficient (Wildman–Crippen LogP) is 2.35. The maximum atomic E-state index is 4.17. The summed E-state index contributed by atoms with van der Waals surface area (Å²) in [6.07, 6.45) is 7.83. The average Bonchev–Trinajstić information content (AvgIpc) is 3.11. The van der Waals surface area contributed by atoms with E-state index in [0.29, 0.717) is 0 Å². The van der Waals surface area contributed by atoms with E-state index in [9.17, 15) is 0 Å². The number of hydrogen-bond acceptors (Lipinski definition) is 3. The van der Waals surface area contributed by atoms with Crippen molar-refractivity contribution in [3.63, 3.8) is 0 Å². The van der Waals surface area contributed by atoms with Crippen LogP contribution in [0.15, 0.2) is 4.60 Å². The molecule has 94 valence electrons. The largest absolute Gasteiger partial charge is 0.306 e. The van der Waals surface area contributed by atoms with Crippen LogP contribution < -0.4 is 5.32 Å². The van der Waals surface area contributed by atoms with E-state index in [4.69, 9.17) is 0 Å². The third-order valence-electron chi connectivity index (χ3n) is 4.17. The van der Waals surface area contributed by atoms with Crippen LogP contribution in [-0.4, -0.2) is 21.5 Å². The molecule has 1 N–H and O–H groups in total. The molecule has 0 spiro atoms. The highest BCUT2D eigenvalue weighted by atomic mass is 79.9. The van der Waals surface area contributed by atoms with E-state index < -0.39 is 0 Å². The molecule has 1 aliphatic heterocycles. The van der Waals surface area contributed by atoms with E-state index in [1.807, 2.05) is 11.7 Å². The fourth-order valence-electron chi connectivity index (χ4n) is 3.23. The lowest BCUT2D eigenvalue weighted by Crippen LogP contribution is -2.45. The molecule has 0 bridgehead atoms. The third-order valence-corrected chi connectivity index (χ3v) is 4.71. The first-order valence-corrected chi connectivity index (χ1v) is 7.34. The van der Waals surface area contributed by atoms with Gasteiger partial charge in [-0.2, -0.15) is 0 Å². The lowest BCUT2D eigenvalue weighted by atomic mass is 9.85. The Morgan fingerprint density at radius 2 is 2.18 bits per heavy atom. The molecule has 3 rings (SSSR count). The Bertz CT molecular complexity index is 383. The smallest absolute Gasteiger partial charge is 0.153 e. The van der Waals surface area contributed by atoms with Crippen LogP contribution in [0.2, 0.25) is 0 Å². The van der Waals surface area contributed by atoms with E-state index in [2.05, 4.69) is 31.6 Å². The fraction of sp³-hybridized carbons (Fsp3) is 0.833. The van der Waals surface area contributed by atoms with E-state index in [1.54, 1.807) is 0 Å². The molecule has 1 saturated carbocycles. The summed E-state index contributed by atoms with van der Waals surface area (Å²) in [6, 6.07) is 0. The lowest BCUT2D eigenvalue weighted by Gasteiger charge is -2.34. The van der Waals surface area contributed by atoms with Gasteiger partial charge in [0.05, 0.1) is 11.2 Å². The molecule has 1 atom stereocenters. The normalized spacial score (nSPS) is 30.2. The Hall–Kier alpha value is -0.420. The number of halogens is 1. The van der Waals surface area contributed by atoms with Crippen molar-refractivity contribution in [1.29, 1.82) is 0 Å². The van der Waals surface area contributed by atoms with Crippen molar-refractivity contribution in [2.45, 2.75) is 44.1 Å². The second-order valence-corrected chi connectivity index (χ2v) is 6.09. The molecule has 2 fully saturated rings. The Morgan fingerprint density at radius 1 is 1.35 bits per heavy atom. The minimum Gasteiger partial charge on any atom is -0.306 e. The highest BCUT2D eigenvalue weighted by molar-refractivity contribution is 9.10. The number of hydrogen-bond donors (Lipinski definition) is 1. The van der Waals surface area contributed by atoms with E-state index in [1.165, 1.54) is 44.2 Å². The van der Waals surface area contributed by atoms with Gasteiger partial charge in [-0.1, -0.05) is 18.1 Å². The summed E-state index contributed by atoms with van der Waals surface area (Å²) in [5.41, 5.74) is 1.37. The van der Waals surface area contributed by atoms with Crippen molar-refractivity contribution in [3.05, 3.63) is 10.3 Å². The van der Waals surface area contributed by atoms with Crippen LogP contribution in [0.1, 0.15) is 44.2 Å². The van der Waals surface area contributed by atoms with Crippen LogP contribution in [-0.2, 0) is 12.6 Å². The lowest BCUT2D eigenvalue weighted by molar-refractivity contribution is 0.259. The van der Waals surface area contributed by atoms with Gasteiger partial charge in [-0.15, -0.1) is 5.10 Å². The quantitative estimate of drug-likeness (QED) is 0.911. The van der Waals surface area contributed by atoms with Gasteiger partial charge in [0.25, 0.3) is 0 Å². The summed E-state index contributed by atoms with van der Waals surface area (Å²) >= 11 is 3.58. The van der Waals surface area contributed by atoms with Gasteiger partial charge >= 0.3 is 0 Å². The monoisotopic (exact) mass is 298 g/mol. The summed E-state index contributed by atoms with van der Waals surface area (Å²) in [5.74, 6) is 0.772. The van der Waals surface area contributed by atoms with E-state index in [-0.39, 0.29) is 5.54 Å². The van der Waals surface area contributed by atoms with Crippen molar-refractivity contribution in [2.24, 2.45) is 13.0 Å². The van der Waals surface area contributed by atoms with Crippen molar-refractivity contribution in [2.75, 3.05) is 6.54 Å². The number of aryl methyl sites for hydroxylation is 1. The summed E-state index contributed by atoms with van der Waals surface area (Å²) in [6.45, 7) is 1.12. The molecule has 1 aliphatic carbocycles. The van der Waals surface area contributed by atoms with Gasteiger partial charge in [0.15, 0.2) is 4.60 Å². The van der Waals surface area contributed by atoms with Crippen LogP contribution in [0.25, 0.3) is 0 Å². The second kappa shape index (κ2) is 4.35. The van der Waals surface area contributed by atoms with Crippen molar-refractivity contribution in [3.8, 4) is 0 Å². The Labute approximate surface area is 110 Å². The van der Waals surface area contributed by atoms with Gasteiger partial charge in [0.2, 0.25) is 0 Å². The standard InChI is InChI=1S/C12H19BrN4/c1-17-10(11(13)15-16-17)12(9-5-6-9)7-3-2-4-8-14-12/h9,14H,2-8H2,1H3. The Morgan fingerprint density at radius 3 is 2.82 bits per heavy atom. The van der Waals surface area contributed by atoms with Gasteiger partial charge in [-0.3, -0.25) is 0 Å². The Balaban J connectivity index is 2.03. The molecular weight excluding hydrogens is 280 g/mol. The van der Waals surface area contributed by atoms with Crippen LogP contribution >= 0.6 is 15.9 Å². The zero-order valence-corrected chi connectivity index (χ0v) is 11.8. The molecule has 1 unspecified atom stereocenters. The highest BCUT2D eigenvalue weighted by Crippen LogP contribution is 2.50. The fourth-order valence-corrected chi connectivity index (χ4v) is 3.91. The molecular formula is C12H19BrN4. The van der Waals surface area contributed by atoms with E-state index in [0.717, 1.165) is 17.1 Å². The number of nitrogens with one attached hydrogen (secondary N) is 1. The first-order chi connectivity index (χ1) is 8.24. The molecule has 5 heteroatoms. The molecule has 2 aliphatic rings. The van der Waals surface area contributed by atoms with Crippen molar-refractivity contribution >= 4 is 15.9 Å². The number of nitrogens with zero attached hydrogens (tertiary/aromatic N) is 3. The molecule has 1 aromatic heterocycles. The highest BCUT2D eigenvalue weighted by Gasteiger charge is 2.49. The summed E-state index contributed by atoms with van der Waals surface area (Å²) in [4.78, 5) is 0. The predicted molar refractivity (Wildman–Crippen MR) is 69.6 cm³/mol. The second-order valence-electron chi connectivity index (χ2n) is 5.34. The molecule has 0 radical (unpaired) electrons. The maximum Gasteiger partial charge on any atom is 0.153 e. The molecule has 1 aromatic rings. The molecule has 0 amide bonds. The summed E-state index contributed by atoms with van der Waals surface area (Å²) in [5, 5.41) is 12.1. The van der Waals surface area contributed by atoms with Crippen LogP contribution in [0.3, 0.4) is 0 Å². The topological polar surface area (TPSA) is 42.7 Å². The zero-order valence-electron chi connectivity index (χ0n) is 10.2. The van der Waals surface area contributed by atoms with E-state index >= 15 is 0 Å². The Kier molecular flexibility index (Phi) is 2.99. The third kappa shape index (κ3) is 1.93. The molecule has 17 heavy (non-hydrogen) atoms. The van der Waals surface area contributed by atoms with Gasteiger partial charge in [-0.05, 0) is 54.1 Å². The number of aromatic nitrogens is 3. The maximum absolute atomic E-state index is 4.17. The molecule has 4 nitrogen and oxygen atoms in total. The SMILES string of the molecule is Cn1nnc(Br)c1C1(C2CC2)CCCCCN1. The van der Waals surface area contributed by atoms with Gasteiger partial charge in [-0.25, -0.2) is 4.68 Å². The van der Waals surface area contributed by atoms with Gasteiger partial charge in [0, 0.05) is 7.05 Å². The first kappa shape index (κ1) is 11.7. The molecule has 0 aromatic carbocycles. The minimum atomic E-state index is 0.119. The van der Waals surface area contributed by atoms with Crippen LogP contribution in [0.4, 0.5) is 0 Å². The first-order valence-electron chi connectivity index (χ1n) is 6.55. The number of rotatable bonds is 2. The summed E-state index contributed by atoms with van der Waals surface area (Å²) in [7, 11) is 2.00. The van der Waals surface area contributed by atoms with Crippen molar-refractivity contribution in [1.82, 2.24) is 20.3 Å². The van der Waals surface area contributed by atoms with Crippen LogP contribution in [0, 0.1) is 5.92 Å². The minimum absolute atomic E-state index is 0.119. The molecule has 1 saturated heterocycles. The van der Waals surface area contributed by atoms with Gasteiger partial charge in [0.1, 0.15) is 0 Å².